The van der Waals surface area contributed by atoms with Crippen molar-refractivity contribution in [2.24, 2.45) is 0 Å². The first-order valence-electron chi connectivity index (χ1n) is 8.74. The van der Waals surface area contributed by atoms with E-state index >= 15 is 0 Å². The molecule has 1 fully saturated rings. The molecule has 1 aliphatic heterocycles. The van der Waals surface area contributed by atoms with E-state index in [4.69, 9.17) is 0 Å². The van der Waals surface area contributed by atoms with Gasteiger partial charge in [0.2, 0.25) is 5.91 Å². The summed E-state index contributed by atoms with van der Waals surface area (Å²) in [4.78, 5) is 29.1. The number of nitrogens with zero attached hydrogens (tertiary/aromatic N) is 2. The number of anilines is 1. The number of hydrogen-bond donors (Lipinski definition) is 1. The molecule has 1 aromatic carbocycles. The Morgan fingerprint density at radius 1 is 1.15 bits per heavy atom. The number of hydrogen-bond acceptors (Lipinski definition) is 4. The van der Waals surface area contributed by atoms with E-state index in [2.05, 4.69) is 16.3 Å². The first-order valence-corrected chi connectivity index (χ1v) is 9.62. The summed E-state index contributed by atoms with van der Waals surface area (Å²) >= 11 is 1.70. The van der Waals surface area contributed by atoms with Crippen molar-refractivity contribution in [3.8, 4) is 0 Å². The molecule has 0 saturated carbocycles. The van der Waals surface area contributed by atoms with Crippen LogP contribution in [0.25, 0.3) is 0 Å². The van der Waals surface area contributed by atoms with Gasteiger partial charge in [0.05, 0.1) is 11.3 Å². The van der Waals surface area contributed by atoms with Crippen LogP contribution in [0.1, 0.15) is 28.6 Å². The standard InChI is InChI=1S/C19H21F2N3O2S/c1-13(25)22-18-10-15(16(20)11-17(18)21)19(26)24-6-3-5-23(7-8-24)12-14-4-2-9-27-14/h2,4,9-11H,3,5-8,12H2,1H3,(H,22,25). The molecular formula is C19H21F2N3O2S. The van der Waals surface area contributed by atoms with Gasteiger partial charge >= 0.3 is 0 Å². The highest BCUT2D eigenvalue weighted by Gasteiger charge is 2.24. The Bertz CT molecular complexity index is 827. The van der Waals surface area contributed by atoms with Crippen molar-refractivity contribution in [3.63, 3.8) is 0 Å². The molecule has 1 aliphatic rings. The van der Waals surface area contributed by atoms with Crippen LogP contribution in [-0.4, -0.2) is 47.8 Å². The van der Waals surface area contributed by atoms with Gasteiger partial charge in [0, 0.05) is 50.6 Å². The average Bonchev–Trinajstić information content (AvgIpc) is 3.01. The van der Waals surface area contributed by atoms with Crippen LogP contribution in [0.2, 0.25) is 0 Å². The highest BCUT2D eigenvalue weighted by molar-refractivity contribution is 7.09. The van der Waals surface area contributed by atoms with Gasteiger partial charge in [0.15, 0.2) is 0 Å². The lowest BCUT2D eigenvalue weighted by molar-refractivity contribution is -0.114. The molecular weight excluding hydrogens is 372 g/mol. The predicted octanol–water partition coefficient (Wildman–Crippen LogP) is 3.33. The second-order valence-corrected chi connectivity index (χ2v) is 7.53. The third kappa shape index (κ3) is 4.90. The highest BCUT2D eigenvalue weighted by Crippen LogP contribution is 2.22. The predicted molar refractivity (Wildman–Crippen MR) is 101 cm³/mol. The van der Waals surface area contributed by atoms with Crippen molar-refractivity contribution < 1.29 is 18.4 Å². The number of thiophene rings is 1. The summed E-state index contributed by atoms with van der Waals surface area (Å²) in [6.45, 7) is 4.57. The van der Waals surface area contributed by atoms with Crippen LogP contribution >= 0.6 is 11.3 Å². The maximum absolute atomic E-state index is 14.2. The van der Waals surface area contributed by atoms with E-state index in [1.807, 2.05) is 11.4 Å². The van der Waals surface area contributed by atoms with Crippen molar-refractivity contribution in [1.29, 1.82) is 0 Å². The van der Waals surface area contributed by atoms with Gasteiger partial charge in [0.1, 0.15) is 11.6 Å². The zero-order valence-corrected chi connectivity index (χ0v) is 15.8. The van der Waals surface area contributed by atoms with Crippen molar-refractivity contribution >= 4 is 28.8 Å². The van der Waals surface area contributed by atoms with E-state index in [0.717, 1.165) is 25.6 Å². The Balaban J connectivity index is 1.71. The number of halogens is 2. The van der Waals surface area contributed by atoms with Gasteiger partial charge in [-0.05, 0) is 23.9 Å². The van der Waals surface area contributed by atoms with Crippen LogP contribution in [0, 0.1) is 11.6 Å². The van der Waals surface area contributed by atoms with Crippen LogP contribution in [-0.2, 0) is 11.3 Å². The molecule has 5 nitrogen and oxygen atoms in total. The molecule has 27 heavy (non-hydrogen) atoms. The Morgan fingerprint density at radius 2 is 1.96 bits per heavy atom. The third-order valence-electron chi connectivity index (χ3n) is 4.43. The molecule has 2 heterocycles. The van der Waals surface area contributed by atoms with Gasteiger partial charge in [-0.3, -0.25) is 14.5 Å². The number of carbonyl (C=O) groups is 2. The summed E-state index contributed by atoms with van der Waals surface area (Å²) in [5.41, 5.74) is -0.423. The van der Waals surface area contributed by atoms with Crippen LogP contribution in [0.15, 0.2) is 29.6 Å². The molecule has 0 unspecified atom stereocenters. The van der Waals surface area contributed by atoms with Crippen molar-refractivity contribution in [2.75, 3.05) is 31.5 Å². The van der Waals surface area contributed by atoms with Gasteiger partial charge in [-0.1, -0.05) is 6.07 Å². The van der Waals surface area contributed by atoms with Crippen LogP contribution in [0.5, 0.6) is 0 Å². The monoisotopic (exact) mass is 393 g/mol. The van der Waals surface area contributed by atoms with E-state index in [0.29, 0.717) is 25.7 Å². The lowest BCUT2D eigenvalue weighted by atomic mass is 10.1. The molecule has 1 saturated heterocycles. The minimum atomic E-state index is -0.925. The summed E-state index contributed by atoms with van der Waals surface area (Å²) < 4.78 is 28.0. The quantitative estimate of drug-likeness (QED) is 0.867. The maximum Gasteiger partial charge on any atom is 0.256 e. The van der Waals surface area contributed by atoms with Gasteiger partial charge in [0.25, 0.3) is 5.91 Å². The molecule has 2 amide bonds. The Kier molecular flexibility index (Phi) is 6.18. The molecule has 2 aromatic rings. The second-order valence-electron chi connectivity index (χ2n) is 6.49. The fourth-order valence-electron chi connectivity index (χ4n) is 3.12. The van der Waals surface area contributed by atoms with E-state index < -0.39 is 23.4 Å². The van der Waals surface area contributed by atoms with E-state index in [1.54, 1.807) is 16.2 Å². The highest BCUT2D eigenvalue weighted by atomic mass is 32.1. The lowest BCUT2D eigenvalue weighted by Crippen LogP contribution is -2.35. The number of rotatable bonds is 4. The summed E-state index contributed by atoms with van der Waals surface area (Å²) in [6, 6.07) is 5.80. The minimum Gasteiger partial charge on any atom is -0.337 e. The van der Waals surface area contributed by atoms with E-state index in [-0.39, 0.29) is 11.3 Å². The van der Waals surface area contributed by atoms with E-state index in [1.165, 1.54) is 11.8 Å². The molecule has 0 bridgehead atoms. The summed E-state index contributed by atoms with van der Waals surface area (Å²) in [5, 5.41) is 4.32. The average molecular weight is 393 g/mol. The summed E-state index contributed by atoms with van der Waals surface area (Å²) in [7, 11) is 0. The Labute approximate surface area is 160 Å². The fraction of sp³-hybridized carbons (Fsp3) is 0.368. The molecule has 3 rings (SSSR count). The smallest absolute Gasteiger partial charge is 0.256 e. The molecule has 8 heteroatoms. The number of benzene rings is 1. The minimum absolute atomic E-state index is 0.193. The fourth-order valence-corrected chi connectivity index (χ4v) is 3.87. The van der Waals surface area contributed by atoms with Gasteiger partial charge in [-0.25, -0.2) is 8.78 Å². The molecule has 144 valence electrons. The molecule has 1 aromatic heterocycles. The molecule has 0 atom stereocenters. The van der Waals surface area contributed by atoms with Crippen molar-refractivity contribution in [1.82, 2.24) is 9.80 Å². The number of amides is 2. The molecule has 0 aliphatic carbocycles. The SMILES string of the molecule is CC(=O)Nc1cc(C(=O)N2CCCN(Cc3cccs3)CC2)c(F)cc1F. The van der Waals surface area contributed by atoms with Gasteiger partial charge in [-0.2, -0.15) is 0 Å². The second kappa shape index (κ2) is 8.58. The zero-order valence-electron chi connectivity index (χ0n) is 15.0. The van der Waals surface area contributed by atoms with Crippen molar-refractivity contribution in [2.45, 2.75) is 19.9 Å². The molecule has 0 spiro atoms. The third-order valence-corrected chi connectivity index (χ3v) is 5.29. The van der Waals surface area contributed by atoms with Crippen LogP contribution in [0.3, 0.4) is 0 Å². The van der Waals surface area contributed by atoms with Crippen molar-refractivity contribution in [3.05, 3.63) is 51.7 Å². The summed E-state index contributed by atoms with van der Waals surface area (Å²) in [6.07, 6.45) is 0.776. The first-order chi connectivity index (χ1) is 12.9. The zero-order chi connectivity index (χ0) is 19.4. The first kappa shape index (κ1) is 19.4. The lowest BCUT2D eigenvalue weighted by Gasteiger charge is -2.22. The number of carbonyl (C=O) groups excluding carboxylic acids is 2. The van der Waals surface area contributed by atoms with Crippen LogP contribution in [0.4, 0.5) is 14.5 Å². The largest absolute Gasteiger partial charge is 0.337 e. The maximum atomic E-state index is 14.2. The van der Waals surface area contributed by atoms with Gasteiger partial charge < -0.3 is 10.2 Å². The Morgan fingerprint density at radius 3 is 2.67 bits per heavy atom. The van der Waals surface area contributed by atoms with Crippen LogP contribution < -0.4 is 5.32 Å². The Hall–Kier alpha value is -2.32. The molecule has 1 N–H and O–H groups in total. The molecule has 0 radical (unpaired) electrons. The normalized spacial score (nSPS) is 15.4. The van der Waals surface area contributed by atoms with E-state index in [9.17, 15) is 18.4 Å². The number of nitrogens with one attached hydrogen (secondary N) is 1. The van der Waals surface area contributed by atoms with Gasteiger partial charge in [-0.15, -0.1) is 11.3 Å². The summed E-state index contributed by atoms with van der Waals surface area (Å²) in [5.74, 6) is -2.81. The topological polar surface area (TPSA) is 52.7 Å².